The van der Waals surface area contributed by atoms with Crippen LogP contribution < -0.4 is 15.6 Å². The summed E-state index contributed by atoms with van der Waals surface area (Å²) in [5, 5.41) is 4.02. The largest absolute Gasteiger partial charge is 0.492 e. The van der Waals surface area contributed by atoms with Crippen molar-refractivity contribution in [1.82, 2.24) is 9.55 Å². The third-order valence-corrected chi connectivity index (χ3v) is 5.04. The Bertz CT molecular complexity index is 1030. The van der Waals surface area contributed by atoms with Crippen LogP contribution in [-0.4, -0.2) is 27.8 Å². The molecule has 0 bridgehead atoms. The van der Waals surface area contributed by atoms with Crippen LogP contribution in [0.15, 0.2) is 58.5 Å². The van der Waals surface area contributed by atoms with Gasteiger partial charge in [-0.25, -0.2) is 4.98 Å². The molecule has 1 amide bonds. The van der Waals surface area contributed by atoms with Gasteiger partial charge in [0.2, 0.25) is 5.91 Å². The van der Waals surface area contributed by atoms with Crippen molar-refractivity contribution in [2.24, 2.45) is 0 Å². The molecular formula is C21H23N3O3S. The molecule has 28 heavy (non-hydrogen) atoms. The van der Waals surface area contributed by atoms with Gasteiger partial charge in [0.1, 0.15) is 5.75 Å². The summed E-state index contributed by atoms with van der Waals surface area (Å²) in [5.74, 6) is 0.604. The smallest absolute Gasteiger partial charge is 0.262 e. The van der Waals surface area contributed by atoms with E-state index in [0.29, 0.717) is 40.6 Å². The molecule has 3 aromatic rings. The Morgan fingerprint density at radius 1 is 1.14 bits per heavy atom. The molecule has 1 aromatic heterocycles. The van der Waals surface area contributed by atoms with Gasteiger partial charge in [-0.05, 0) is 37.6 Å². The summed E-state index contributed by atoms with van der Waals surface area (Å²) in [5.41, 5.74) is 1.20. The minimum atomic E-state index is -0.178. The Labute approximate surface area is 167 Å². The zero-order valence-corrected chi connectivity index (χ0v) is 16.8. The van der Waals surface area contributed by atoms with Crippen LogP contribution in [0.5, 0.6) is 5.75 Å². The lowest BCUT2D eigenvalue weighted by molar-refractivity contribution is -0.113. The Balaban J connectivity index is 1.78. The zero-order chi connectivity index (χ0) is 19.9. The van der Waals surface area contributed by atoms with Crippen LogP contribution in [0, 0.1) is 0 Å². The van der Waals surface area contributed by atoms with Gasteiger partial charge in [0.15, 0.2) is 5.16 Å². The van der Waals surface area contributed by atoms with Gasteiger partial charge in [0.25, 0.3) is 5.56 Å². The van der Waals surface area contributed by atoms with E-state index in [-0.39, 0.29) is 17.2 Å². The van der Waals surface area contributed by atoms with Gasteiger partial charge >= 0.3 is 0 Å². The van der Waals surface area contributed by atoms with Gasteiger partial charge in [-0.2, -0.15) is 0 Å². The van der Waals surface area contributed by atoms with E-state index in [4.69, 9.17) is 4.74 Å². The van der Waals surface area contributed by atoms with E-state index in [0.717, 1.165) is 6.42 Å². The molecule has 0 unspecified atom stereocenters. The van der Waals surface area contributed by atoms with Gasteiger partial charge < -0.3 is 10.1 Å². The number of hydrogen-bond donors (Lipinski definition) is 1. The van der Waals surface area contributed by atoms with E-state index in [9.17, 15) is 9.59 Å². The predicted octanol–water partition coefficient (Wildman–Crippen LogP) is 3.94. The quantitative estimate of drug-likeness (QED) is 0.460. The van der Waals surface area contributed by atoms with Crippen LogP contribution in [-0.2, 0) is 11.3 Å². The maximum absolute atomic E-state index is 12.8. The summed E-state index contributed by atoms with van der Waals surface area (Å²) in [6.07, 6.45) is 0.807. The lowest BCUT2D eigenvalue weighted by atomic mass is 10.2. The van der Waals surface area contributed by atoms with Gasteiger partial charge in [-0.15, -0.1) is 0 Å². The molecule has 0 radical (unpaired) electrons. The molecule has 0 atom stereocenters. The molecule has 1 N–H and O–H groups in total. The Kier molecular flexibility index (Phi) is 6.71. The minimum Gasteiger partial charge on any atom is -0.492 e. The Morgan fingerprint density at radius 2 is 1.89 bits per heavy atom. The van der Waals surface area contributed by atoms with Crippen molar-refractivity contribution < 1.29 is 9.53 Å². The highest BCUT2D eigenvalue weighted by atomic mass is 32.2. The lowest BCUT2D eigenvalue weighted by Crippen LogP contribution is -2.24. The summed E-state index contributed by atoms with van der Waals surface area (Å²) in [6.45, 7) is 4.99. The summed E-state index contributed by atoms with van der Waals surface area (Å²) < 4.78 is 7.18. The van der Waals surface area contributed by atoms with Crippen molar-refractivity contribution in [1.29, 1.82) is 0 Å². The lowest BCUT2D eigenvalue weighted by Gasteiger charge is -2.13. The minimum absolute atomic E-state index is 0.0722. The molecule has 146 valence electrons. The molecule has 7 heteroatoms. The summed E-state index contributed by atoms with van der Waals surface area (Å²) in [7, 11) is 0. The normalized spacial score (nSPS) is 10.8. The number of carbonyl (C=O) groups is 1. The second kappa shape index (κ2) is 9.41. The number of nitrogens with one attached hydrogen (secondary N) is 1. The number of benzene rings is 2. The molecule has 3 rings (SSSR count). The first kappa shape index (κ1) is 19.9. The standard InChI is InChI=1S/C21H23N3O3S/c1-3-13-24-20(26)15-9-5-6-10-16(15)23-21(24)28-14-19(25)22-17-11-7-8-12-18(17)27-4-2/h5-12H,3-4,13-14H2,1-2H3,(H,22,25). The van der Waals surface area contributed by atoms with Crippen LogP contribution in [0.25, 0.3) is 10.9 Å². The van der Waals surface area contributed by atoms with E-state index in [2.05, 4.69) is 10.3 Å². The van der Waals surface area contributed by atoms with Gasteiger partial charge in [-0.1, -0.05) is 43.0 Å². The predicted molar refractivity (Wildman–Crippen MR) is 113 cm³/mol. The fourth-order valence-electron chi connectivity index (χ4n) is 2.85. The zero-order valence-electron chi connectivity index (χ0n) is 16.0. The van der Waals surface area contributed by atoms with Crippen LogP contribution >= 0.6 is 11.8 Å². The number of aromatic nitrogens is 2. The molecule has 0 aliphatic rings. The van der Waals surface area contributed by atoms with Crippen molar-refractivity contribution in [3.63, 3.8) is 0 Å². The number of hydrogen-bond acceptors (Lipinski definition) is 5. The first-order valence-electron chi connectivity index (χ1n) is 9.28. The number of carbonyl (C=O) groups excluding carboxylic acids is 1. The van der Waals surface area contributed by atoms with Crippen LogP contribution in [0.2, 0.25) is 0 Å². The van der Waals surface area contributed by atoms with Crippen LogP contribution in [0.4, 0.5) is 5.69 Å². The topological polar surface area (TPSA) is 73.2 Å². The van der Waals surface area contributed by atoms with E-state index in [1.807, 2.05) is 50.2 Å². The fraction of sp³-hybridized carbons (Fsp3) is 0.286. The number of rotatable bonds is 8. The Hall–Kier alpha value is -2.80. The third kappa shape index (κ3) is 4.54. The number of para-hydroxylation sites is 3. The van der Waals surface area contributed by atoms with Crippen LogP contribution in [0.3, 0.4) is 0 Å². The van der Waals surface area contributed by atoms with Crippen molar-refractivity contribution >= 4 is 34.3 Å². The highest BCUT2D eigenvalue weighted by Crippen LogP contribution is 2.24. The number of nitrogens with zero attached hydrogens (tertiary/aromatic N) is 2. The molecule has 1 heterocycles. The third-order valence-electron chi connectivity index (χ3n) is 4.07. The maximum atomic E-state index is 12.8. The molecule has 0 spiro atoms. The van der Waals surface area contributed by atoms with Crippen molar-refractivity contribution in [3.8, 4) is 5.75 Å². The molecule has 0 aliphatic heterocycles. The average Bonchev–Trinajstić information content (AvgIpc) is 2.70. The van der Waals surface area contributed by atoms with Crippen molar-refractivity contribution in [2.45, 2.75) is 32.0 Å². The highest BCUT2D eigenvalue weighted by Gasteiger charge is 2.13. The van der Waals surface area contributed by atoms with Gasteiger partial charge in [0, 0.05) is 6.54 Å². The number of anilines is 1. The number of thioether (sulfide) groups is 1. The first-order valence-corrected chi connectivity index (χ1v) is 10.3. The SMILES string of the molecule is CCCn1c(SCC(=O)Nc2ccccc2OCC)nc2ccccc2c1=O. The molecular weight excluding hydrogens is 374 g/mol. The molecule has 0 aliphatic carbocycles. The maximum Gasteiger partial charge on any atom is 0.262 e. The van der Waals surface area contributed by atoms with Crippen molar-refractivity contribution in [3.05, 3.63) is 58.9 Å². The number of amides is 1. The Morgan fingerprint density at radius 3 is 2.68 bits per heavy atom. The monoisotopic (exact) mass is 397 g/mol. The van der Waals surface area contributed by atoms with Crippen molar-refractivity contribution in [2.75, 3.05) is 17.7 Å². The summed E-state index contributed by atoms with van der Waals surface area (Å²) in [6, 6.07) is 14.6. The second-order valence-corrected chi connectivity index (χ2v) is 7.08. The molecule has 6 nitrogen and oxygen atoms in total. The summed E-state index contributed by atoms with van der Waals surface area (Å²) in [4.78, 5) is 29.8. The van der Waals surface area contributed by atoms with Gasteiger partial charge in [-0.3, -0.25) is 14.2 Å². The average molecular weight is 398 g/mol. The van der Waals surface area contributed by atoms with Gasteiger partial charge in [0.05, 0.1) is 29.0 Å². The first-order chi connectivity index (χ1) is 13.6. The second-order valence-electron chi connectivity index (χ2n) is 6.13. The molecule has 0 saturated heterocycles. The van der Waals surface area contributed by atoms with E-state index in [1.54, 1.807) is 16.7 Å². The van der Waals surface area contributed by atoms with E-state index in [1.165, 1.54) is 11.8 Å². The molecule has 0 saturated carbocycles. The van der Waals surface area contributed by atoms with E-state index < -0.39 is 0 Å². The highest BCUT2D eigenvalue weighted by molar-refractivity contribution is 7.99. The number of ether oxygens (including phenoxy) is 1. The number of fused-ring (bicyclic) bond motifs is 1. The molecule has 0 fully saturated rings. The van der Waals surface area contributed by atoms with E-state index >= 15 is 0 Å². The fourth-order valence-corrected chi connectivity index (χ4v) is 3.67. The molecule has 2 aromatic carbocycles. The van der Waals surface area contributed by atoms with Crippen LogP contribution in [0.1, 0.15) is 20.3 Å². The summed E-state index contributed by atoms with van der Waals surface area (Å²) >= 11 is 1.26.